The average molecular weight is 404 g/mol. The number of piperidine rings is 1. The lowest BCUT2D eigenvalue weighted by molar-refractivity contribution is 0.163. The average Bonchev–Trinajstić information content (AvgIpc) is 2.73. The molecule has 28 heavy (non-hydrogen) atoms. The van der Waals surface area contributed by atoms with E-state index >= 15 is 0 Å². The molecule has 1 fully saturated rings. The molecule has 0 bridgehead atoms. The van der Waals surface area contributed by atoms with Crippen LogP contribution in [0.25, 0.3) is 0 Å². The van der Waals surface area contributed by atoms with Gasteiger partial charge in [0.2, 0.25) is 0 Å². The van der Waals surface area contributed by atoms with Gasteiger partial charge in [-0.05, 0) is 43.2 Å². The number of alkyl halides is 1. The molecule has 3 rings (SSSR count). The van der Waals surface area contributed by atoms with Gasteiger partial charge in [0.1, 0.15) is 17.6 Å². The maximum atomic E-state index is 14.7. The molecule has 2 amide bonds. The van der Waals surface area contributed by atoms with Gasteiger partial charge in [-0.15, -0.1) is 0 Å². The van der Waals surface area contributed by atoms with Crippen LogP contribution in [0, 0.1) is 23.1 Å². The lowest BCUT2D eigenvalue weighted by Crippen LogP contribution is -2.43. The number of benzene rings is 1. The summed E-state index contributed by atoms with van der Waals surface area (Å²) in [6.07, 6.45) is 2.14. The van der Waals surface area contributed by atoms with Gasteiger partial charge in [-0.1, -0.05) is 6.07 Å². The maximum absolute atomic E-state index is 14.7. The number of aromatic nitrogens is 1. The second-order valence-corrected chi connectivity index (χ2v) is 7.92. The number of rotatable bonds is 4. The van der Waals surface area contributed by atoms with E-state index in [0.29, 0.717) is 31.6 Å². The number of carbonyl (C=O) groups excluding carboxylic acids is 1. The molecule has 0 radical (unpaired) electrons. The van der Waals surface area contributed by atoms with Gasteiger partial charge < -0.3 is 10.2 Å². The van der Waals surface area contributed by atoms with Gasteiger partial charge in [-0.25, -0.2) is 18.6 Å². The molecule has 1 aliphatic rings. The number of nitrogens with zero attached hydrogens (tertiary/aromatic N) is 3. The molecular formula is C19H18F2N4O2S. The van der Waals surface area contributed by atoms with Crippen molar-refractivity contribution in [3.05, 3.63) is 54.1 Å². The van der Waals surface area contributed by atoms with E-state index in [0.717, 1.165) is 6.07 Å². The molecule has 9 heteroatoms. The zero-order valence-electron chi connectivity index (χ0n) is 14.8. The number of hydrogen-bond donors (Lipinski definition) is 1. The first-order chi connectivity index (χ1) is 13.5. The standard InChI is InChI=1S/C19H18F2N4O2S/c20-14-2-1-3-17(10-14)28(27)18(21)13-5-8-25(9-6-13)19(26)24-15-4-7-23-16(11-15)12-22/h1-4,7,10-11,13,18H,5-6,8-9H2,(H,23,24,26). The first-order valence-corrected chi connectivity index (χ1v) is 9.91. The van der Waals surface area contributed by atoms with Crippen molar-refractivity contribution < 1.29 is 17.8 Å². The molecular weight excluding hydrogens is 386 g/mol. The number of halogens is 2. The summed E-state index contributed by atoms with van der Waals surface area (Å²) in [7, 11) is -1.96. The third-order valence-corrected chi connectivity index (χ3v) is 6.07. The van der Waals surface area contributed by atoms with Crippen molar-refractivity contribution >= 4 is 22.5 Å². The van der Waals surface area contributed by atoms with E-state index in [2.05, 4.69) is 10.3 Å². The summed E-state index contributed by atoms with van der Waals surface area (Å²) in [5.74, 6) is -1.03. The Bertz CT molecular complexity index is 926. The summed E-state index contributed by atoms with van der Waals surface area (Å²) in [4.78, 5) is 17.9. The maximum Gasteiger partial charge on any atom is 0.321 e. The zero-order chi connectivity index (χ0) is 20.1. The normalized spacial score (nSPS) is 16.8. The zero-order valence-corrected chi connectivity index (χ0v) is 15.7. The van der Waals surface area contributed by atoms with Crippen molar-refractivity contribution in [2.24, 2.45) is 5.92 Å². The summed E-state index contributed by atoms with van der Waals surface area (Å²) in [5, 5.41) is 11.5. The number of carbonyl (C=O) groups is 1. The Balaban J connectivity index is 1.55. The molecule has 2 heterocycles. The third kappa shape index (κ3) is 4.70. The van der Waals surface area contributed by atoms with Gasteiger partial charge in [-0.3, -0.25) is 4.21 Å². The molecule has 146 valence electrons. The second-order valence-electron chi connectivity index (χ2n) is 6.40. The summed E-state index contributed by atoms with van der Waals surface area (Å²) in [6, 6.07) is 9.72. The van der Waals surface area contributed by atoms with E-state index in [-0.39, 0.29) is 16.6 Å². The molecule has 2 aromatic rings. The molecule has 1 N–H and O–H groups in total. The largest absolute Gasteiger partial charge is 0.325 e. The van der Waals surface area contributed by atoms with Crippen molar-refractivity contribution in [3.8, 4) is 6.07 Å². The van der Waals surface area contributed by atoms with Crippen LogP contribution in [0.2, 0.25) is 0 Å². The molecule has 1 aliphatic heterocycles. The molecule has 2 unspecified atom stereocenters. The van der Waals surface area contributed by atoms with Crippen molar-refractivity contribution in [1.29, 1.82) is 5.26 Å². The van der Waals surface area contributed by atoms with E-state index in [4.69, 9.17) is 5.26 Å². The Hall–Kier alpha value is -2.86. The van der Waals surface area contributed by atoms with Crippen molar-refractivity contribution in [3.63, 3.8) is 0 Å². The number of nitrogens with one attached hydrogen (secondary N) is 1. The predicted molar refractivity (Wildman–Crippen MR) is 100.0 cm³/mol. The lowest BCUT2D eigenvalue weighted by Gasteiger charge is -2.33. The van der Waals surface area contributed by atoms with Gasteiger partial charge in [0.05, 0.1) is 10.8 Å². The molecule has 0 aliphatic carbocycles. The van der Waals surface area contributed by atoms with Gasteiger partial charge >= 0.3 is 6.03 Å². The van der Waals surface area contributed by atoms with Gasteiger partial charge in [0.25, 0.3) is 0 Å². The SMILES string of the molecule is N#Cc1cc(NC(=O)N2CCC(C(F)S(=O)c3cccc(F)c3)CC2)ccn1. The van der Waals surface area contributed by atoms with Crippen LogP contribution < -0.4 is 5.32 Å². The number of likely N-dealkylation sites (tertiary alicyclic amines) is 1. The van der Waals surface area contributed by atoms with E-state index in [1.165, 1.54) is 30.5 Å². The Morgan fingerprint density at radius 3 is 2.75 bits per heavy atom. The van der Waals surface area contributed by atoms with E-state index in [1.807, 2.05) is 6.07 Å². The summed E-state index contributed by atoms with van der Waals surface area (Å²) in [6.45, 7) is 0.626. The first-order valence-electron chi connectivity index (χ1n) is 8.70. The number of pyridine rings is 1. The highest BCUT2D eigenvalue weighted by atomic mass is 32.2. The fourth-order valence-electron chi connectivity index (χ4n) is 3.03. The highest BCUT2D eigenvalue weighted by Gasteiger charge is 2.32. The highest BCUT2D eigenvalue weighted by Crippen LogP contribution is 2.28. The van der Waals surface area contributed by atoms with Gasteiger partial charge in [-0.2, -0.15) is 5.26 Å². The van der Waals surface area contributed by atoms with Crippen molar-refractivity contribution in [1.82, 2.24) is 9.88 Å². The molecule has 6 nitrogen and oxygen atoms in total. The highest BCUT2D eigenvalue weighted by molar-refractivity contribution is 7.85. The molecule has 1 aromatic carbocycles. The van der Waals surface area contributed by atoms with Crippen LogP contribution >= 0.6 is 0 Å². The molecule has 0 saturated carbocycles. The minimum absolute atomic E-state index is 0.124. The molecule has 0 spiro atoms. The van der Waals surface area contributed by atoms with E-state index in [9.17, 15) is 17.8 Å². The van der Waals surface area contributed by atoms with Crippen molar-refractivity contribution in [2.75, 3.05) is 18.4 Å². The number of anilines is 1. The predicted octanol–water partition coefficient (Wildman–Crippen LogP) is 3.44. The number of urea groups is 1. The quantitative estimate of drug-likeness (QED) is 0.846. The topological polar surface area (TPSA) is 86.1 Å². The third-order valence-electron chi connectivity index (χ3n) is 4.56. The fraction of sp³-hybridized carbons (Fsp3) is 0.316. The summed E-state index contributed by atoms with van der Waals surface area (Å²) >= 11 is 0. The van der Waals surface area contributed by atoms with Gasteiger partial charge in [0.15, 0.2) is 5.50 Å². The summed E-state index contributed by atoms with van der Waals surface area (Å²) in [5.41, 5.74) is -0.976. The monoisotopic (exact) mass is 404 g/mol. The molecule has 1 aromatic heterocycles. The van der Waals surface area contributed by atoms with Crippen LogP contribution in [0.15, 0.2) is 47.5 Å². The van der Waals surface area contributed by atoms with Crippen LogP contribution in [0.1, 0.15) is 18.5 Å². The number of hydrogen-bond acceptors (Lipinski definition) is 4. The first kappa shape index (κ1) is 19.9. The Kier molecular flexibility index (Phi) is 6.31. The Morgan fingerprint density at radius 2 is 2.07 bits per heavy atom. The van der Waals surface area contributed by atoms with Crippen LogP contribution in [0.5, 0.6) is 0 Å². The minimum Gasteiger partial charge on any atom is -0.325 e. The Morgan fingerprint density at radius 1 is 1.32 bits per heavy atom. The van der Waals surface area contributed by atoms with E-state index < -0.39 is 28.0 Å². The molecule has 2 atom stereocenters. The summed E-state index contributed by atoms with van der Waals surface area (Å²) < 4.78 is 40.3. The van der Waals surface area contributed by atoms with Crippen molar-refractivity contribution in [2.45, 2.75) is 23.2 Å². The van der Waals surface area contributed by atoms with Crippen LogP contribution in [0.3, 0.4) is 0 Å². The fourth-order valence-corrected chi connectivity index (χ4v) is 4.36. The van der Waals surface area contributed by atoms with Crippen LogP contribution in [-0.4, -0.2) is 38.7 Å². The Labute approximate surface area is 163 Å². The second kappa shape index (κ2) is 8.89. The van der Waals surface area contributed by atoms with Crippen LogP contribution in [-0.2, 0) is 10.8 Å². The van der Waals surface area contributed by atoms with Crippen LogP contribution in [0.4, 0.5) is 19.3 Å². The van der Waals surface area contributed by atoms with Gasteiger partial charge in [0, 0.05) is 35.8 Å². The smallest absolute Gasteiger partial charge is 0.321 e. The lowest BCUT2D eigenvalue weighted by atomic mass is 9.98. The number of nitriles is 1. The molecule has 1 saturated heterocycles. The minimum atomic E-state index is -1.96. The number of amides is 2. The van der Waals surface area contributed by atoms with E-state index in [1.54, 1.807) is 11.0 Å².